The zero-order chi connectivity index (χ0) is 11.0. The highest BCUT2D eigenvalue weighted by molar-refractivity contribution is 5.76. The van der Waals surface area contributed by atoms with Crippen LogP contribution in [-0.4, -0.2) is 49.3 Å². The molecule has 1 unspecified atom stereocenters. The summed E-state index contributed by atoms with van der Waals surface area (Å²) in [5, 5.41) is 8.57. The third kappa shape index (κ3) is 5.19. The Hall–Kier alpha value is -0.610. The fraction of sp³-hybridized carbons (Fsp3) is 0.900. The quantitative estimate of drug-likeness (QED) is 0.618. The van der Waals surface area contributed by atoms with Crippen LogP contribution in [0.3, 0.4) is 0 Å². The number of likely N-dealkylation sites (N-methyl/N-ethyl adjacent to an activating group) is 1. The lowest BCUT2D eigenvalue weighted by atomic mass is 10.2. The highest BCUT2D eigenvalue weighted by Gasteiger charge is 2.14. The van der Waals surface area contributed by atoms with E-state index >= 15 is 0 Å². The molecular weight excluding hydrogens is 182 g/mol. The summed E-state index contributed by atoms with van der Waals surface area (Å²) >= 11 is 0. The molecular formula is C10H21NO3. The van der Waals surface area contributed by atoms with Crippen LogP contribution in [0.5, 0.6) is 0 Å². The minimum Gasteiger partial charge on any atom is -0.396 e. The summed E-state index contributed by atoms with van der Waals surface area (Å²) in [5.74, 6) is 0.114. The maximum absolute atomic E-state index is 11.5. The van der Waals surface area contributed by atoms with E-state index in [0.717, 1.165) is 6.42 Å². The van der Waals surface area contributed by atoms with Gasteiger partial charge in [-0.2, -0.15) is 0 Å². The molecule has 0 saturated heterocycles. The van der Waals surface area contributed by atoms with Crippen LogP contribution in [0.4, 0.5) is 0 Å². The van der Waals surface area contributed by atoms with Gasteiger partial charge in [-0.3, -0.25) is 4.79 Å². The smallest absolute Gasteiger partial charge is 0.222 e. The Balaban J connectivity index is 3.74. The van der Waals surface area contributed by atoms with Crippen LogP contribution in [-0.2, 0) is 9.53 Å². The zero-order valence-electron chi connectivity index (χ0n) is 9.32. The minimum absolute atomic E-state index is 0.113. The van der Waals surface area contributed by atoms with Crippen LogP contribution in [0.25, 0.3) is 0 Å². The fourth-order valence-corrected chi connectivity index (χ4v) is 1.16. The number of carbonyl (C=O) groups excluding carboxylic acids is 1. The first-order valence-corrected chi connectivity index (χ1v) is 4.99. The molecule has 0 aliphatic carbocycles. The van der Waals surface area contributed by atoms with Gasteiger partial charge >= 0.3 is 0 Å². The van der Waals surface area contributed by atoms with Gasteiger partial charge in [-0.15, -0.1) is 0 Å². The maximum Gasteiger partial charge on any atom is 0.222 e. The summed E-state index contributed by atoms with van der Waals surface area (Å²) in [7, 11) is 3.41. The molecule has 0 aromatic carbocycles. The average molecular weight is 203 g/mol. The number of methoxy groups -OCH3 is 1. The normalized spacial score (nSPS) is 12.6. The molecule has 0 rings (SSSR count). The molecule has 84 valence electrons. The standard InChI is InChI=1S/C10H21NO3/c1-9(8-14-3)11(2)10(13)6-4-5-7-12/h9,12H,4-8H2,1-3H3. The van der Waals surface area contributed by atoms with E-state index in [9.17, 15) is 4.79 Å². The molecule has 0 bridgehead atoms. The van der Waals surface area contributed by atoms with E-state index in [-0.39, 0.29) is 18.6 Å². The Morgan fingerprint density at radius 2 is 2.14 bits per heavy atom. The number of amides is 1. The number of aliphatic hydroxyl groups excluding tert-OH is 1. The molecule has 0 aromatic heterocycles. The number of hydrogen-bond donors (Lipinski definition) is 1. The van der Waals surface area contributed by atoms with Gasteiger partial charge in [-0.05, 0) is 19.8 Å². The van der Waals surface area contributed by atoms with Crippen molar-refractivity contribution in [3.8, 4) is 0 Å². The molecule has 1 amide bonds. The first-order valence-electron chi connectivity index (χ1n) is 4.99. The molecule has 0 spiro atoms. The number of aliphatic hydroxyl groups is 1. The number of hydrogen-bond acceptors (Lipinski definition) is 3. The molecule has 0 aliphatic rings. The van der Waals surface area contributed by atoms with Crippen molar-refractivity contribution in [1.82, 2.24) is 4.90 Å². The number of rotatable bonds is 7. The van der Waals surface area contributed by atoms with Crippen LogP contribution < -0.4 is 0 Å². The van der Waals surface area contributed by atoms with Crippen molar-refractivity contribution < 1.29 is 14.6 Å². The Bertz CT molecular complexity index is 161. The molecule has 14 heavy (non-hydrogen) atoms. The van der Waals surface area contributed by atoms with Gasteiger partial charge in [0.25, 0.3) is 0 Å². The van der Waals surface area contributed by atoms with Gasteiger partial charge < -0.3 is 14.7 Å². The molecule has 1 N–H and O–H groups in total. The predicted molar refractivity (Wildman–Crippen MR) is 55.0 cm³/mol. The Morgan fingerprint density at radius 1 is 1.50 bits per heavy atom. The second kappa shape index (κ2) is 7.76. The second-order valence-electron chi connectivity index (χ2n) is 3.49. The maximum atomic E-state index is 11.5. The van der Waals surface area contributed by atoms with Crippen molar-refractivity contribution in [3.05, 3.63) is 0 Å². The largest absolute Gasteiger partial charge is 0.396 e. The molecule has 0 aliphatic heterocycles. The summed E-state index contributed by atoms with van der Waals surface area (Å²) in [4.78, 5) is 13.2. The highest BCUT2D eigenvalue weighted by Crippen LogP contribution is 2.03. The lowest BCUT2D eigenvalue weighted by molar-refractivity contribution is -0.132. The van der Waals surface area contributed by atoms with Crippen molar-refractivity contribution in [2.24, 2.45) is 0 Å². The van der Waals surface area contributed by atoms with Gasteiger partial charge in [0, 0.05) is 27.2 Å². The van der Waals surface area contributed by atoms with Gasteiger partial charge in [-0.1, -0.05) is 0 Å². The molecule has 4 nitrogen and oxygen atoms in total. The van der Waals surface area contributed by atoms with Gasteiger partial charge in [0.1, 0.15) is 0 Å². The van der Waals surface area contributed by atoms with Crippen molar-refractivity contribution >= 4 is 5.91 Å². The summed E-state index contributed by atoms with van der Waals surface area (Å²) < 4.78 is 4.97. The van der Waals surface area contributed by atoms with E-state index in [4.69, 9.17) is 9.84 Å². The predicted octanol–water partition coefficient (Wildman–Crippen LogP) is 0.642. The Kier molecular flexibility index (Phi) is 7.42. The van der Waals surface area contributed by atoms with Gasteiger partial charge in [0.15, 0.2) is 0 Å². The van der Waals surface area contributed by atoms with Crippen LogP contribution in [0.1, 0.15) is 26.2 Å². The summed E-state index contributed by atoms with van der Waals surface area (Å²) in [6.45, 7) is 2.67. The van der Waals surface area contributed by atoms with Crippen molar-refractivity contribution in [2.75, 3.05) is 27.4 Å². The lowest BCUT2D eigenvalue weighted by Gasteiger charge is -2.24. The summed E-state index contributed by atoms with van der Waals surface area (Å²) in [6.07, 6.45) is 1.95. The van der Waals surface area contributed by atoms with Gasteiger partial charge in [0.05, 0.1) is 12.6 Å². The Labute approximate surface area is 85.9 Å². The first-order chi connectivity index (χ1) is 6.63. The molecule has 0 radical (unpaired) electrons. The van der Waals surface area contributed by atoms with E-state index in [1.54, 1.807) is 19.1 Å². The van der Waals surface area contributed by atoms with Crippen molar-refractivity contribution in [2.45, 2.75) is 32.2 Å². The molecule has 1 atom stereocenters. The van der Waals surface area contributed by atoms with Crippen LogP contribution in [0.15, 0.2) is 0 Å². The molecule has 0 aromatic rings. The molecule has 0 fully saturated rings. The topological polar surface area (TPSA) is 49.8 Å². The van der Waals surface area contributed by atoms with Crippen LogP contribution >= 0.6 is 0 Å². The third-order valence-corrected chi connectivity index (χ3v) is 2.26. The number of ether oxygens (including phenoxy) is 1. The first kappa shape index (κ1) is 13.4. The van der Waals surface area contributed by atoms with Crippen LogP contribution in [0.2, 0.25) is 0 Å². The van der Waals surface area contributed by atoms with E-state index in [0.29, 0.717) is 19.4 Å². The number of unbranched alkanes of at least 4 members (excludes halogenated alkanes) is 1. The van der Waals surface area contributed by atoms with E-state index in [1.165, 1.54) is 0 Å². The SMILES string of the molecule is COCC(C)N(C)C(=O)CCCCO. The van der Waals surface area contributed by atoms with E-state index < -0.39 is 0 Å². The second-order valence-corrected chi connectivity index (χ2v) is 3.49. The molecule has 4 heteroatoms. The minimum atomic E-state index is 0.113. The fourth-order valence-electron chi connectivity index (χ4n) is 1.16. The average Bonchev–Trinajstić information content (AvgIpc) is 2.17. The summed E-state index contributed by atoms with van der Waals surface area (Å²) in [5.41, 5.74) is 0. The molecule has 0 saturated carbocycles. The highest BCUT2D eigenvalue weighted by atomic mass is 16.5. The van der Waals surface area contributed by atoms with Crippen molar-refractivity contribution in [3.63, 3.8) is 0 Å². The summed E-state index contributed by atoms with van der Waals surface area (Å²) in [6, 6.07) is 0.113. The monoisotopic (exact) mass is 203 g/mol. The van der Waals surface area contributed by atoms with Gasteiger partial charge in [0.2, 0.25) is 5.91 Å². The van der Waals surface area contributed by atoms with Crippen LogP contribution in [0, 0.1) is 0 Å². The number of nitrogens with zero attached hydrogens (tertiary/aromatic N) is 1. The zero-order valence-corrected chi connectivity index (χ0v) is 9.32. The van der Waals surface area contributed by atoms with Crippen molar-refractivity contribution in [1.29, 1.82) is 0 Å². The van der Waals surface area contributed by atoms with E-state index in [1.807, 2.05) is 6.92 Å². The number of carbonyl (C=O) groups is 1. The molecule has 0 heterocycles. The Morgan fingerprint density at radius 3 is 2.64 bits per heavy atom. The van der Waals surface area contributed by atoms with E-state index in [2.05, 4.69) is 0 Å². The lowest BCUT2D eigenvalue weighted by Crippen LogP contribution is -2.37. The third-order valence-electron chi connectivity index (χ3n) is 2.26. The van der Waals surface area contributed by atoms with Gasteiger partial charge in [-0.25, -0.2) is 0 Å².